The van der Waals surface area contributed by atoms with Crippen molar-refractivity contribution in [3.05, 3.63) is 28.8 Å². The van der Waals surface area contributed by atoms with Crippen LogP contribution < -0.4 is 5.73 Å². The highest BCUT2D eigenvalue weighted by atomic mass is 35.5. The Morgan fingerprint density at radius 3 is 2.05 bits per heavy atom. The standard InChI is InChI=1S/C15H25ClN2O2S/c1-11(2)9-18(10-12(3)4)21(19,20)15-6-5-13(8-17)7-14(15)16/h5-7,11-12H,8-10,17H2,1-4H3. The minimum Gasteiger partial charge on any atom is -0.326 e. The van der Waals surface area contributed by atoms with Crippen molar-refractivity contribution in [3.63, 3.8) is 0 Å². The van der Waals surface area contributed by atoms with Crippen molar-refractivity contribution in [2.24, 2.45) is 17.6 Å². The lowest BCUT2D eigenvalue weighted by atomic mass is 10.2. The smallest absolute Gasteiger partial charge is 0.244 e. The molecule has 1 aromatic carbocycles. The number of halogens is 1. The zero-order valence-corrected chi connectivity index (χ0v) is 14.7. The van der Waals surface area contributed by atoms with Gasteiger partial charge in [0.1, 0.15) is 4.90 Å². The maximum absolute atomic E-state index is 12.8. The van der Waals surface area contributed by atoms with Gasteiger partial charge in [-0.25, -0.2) is 8.42 Å². The van der Waals surface area contributed by atoms with Gasteiger partial charge in [0, 0.05) is 19.6 Å². The molecule has 0 spiro atoms. The van der Waals surface area contributed by atoms with E-state index < -0.39 is 10.0 Å². The lowest BCUT2D eigenvalue weighted by Gasteiger charge is -2.26. The molecule has 1 aromatic rings. The first-order valence-corrected chi connectivity index (χ1v) is 8.99. The van der Waals surface area contributed by atoms with Gasteiger partial charge in [-0.15, -0.1) is 0 Å². The van der Waals surface area contributed by atoms with Gasteiger partial charge in [0.2, 0.25) is 10.0 Å². The molecular weight excluding hydrogens is 308 g/mol. The van der Waals surface area contributed by atoms with Crippen molar-refractivity contribution < 1.29 is 8.42 Å². The van der Waals surface area contributed by atoms with Gasteiger partial charge in [0.05, 0.1) is 5.02 Å². The van der Waals surface area contributed by atoms with Gasteiger partial charge in [-0.3, -0.25) is 0 Å². The molecule has 1 rings (SSSR count). The summed E-state index contributed by atoms with van der Waals surface area (Å²) in [6, 6.07) is 4.88. The van der Waals surface area contributed by atoms with Crippen LogP contribution in [0.2, 0.25) is 5.02 Å². The van der Waals surface area contributed by atoms with Gasteiger partial charge in [-0.05, 0) is 29.5 Å². The van der Waals surface area contributed by atoms with Gasteiger partial charge in [-0.1, -0.05) is 45.4 Å². The van der Waals surface area contributed by atoms with E-state index in [-0.39, 0.29) is 21.8 Å². The molecular formula is C15H25ClN2O2S. The highest BCUT2D eigenvalue weighted by Crippen LogP contribution is 2.27. The van der Waals surface area contributed by atoms with Gasteiger partial charge in [-0.2, -0.15) is 4.31 Å². The van der Waals surface area contributed by atoms with Gasteiger partial charge >= 0.3 is 0 Å². The van der Waals surface area contributed by atoms with Crippen LogP contribution in [-0.4, -0.2) is 25.8 Å². The number of benzene rings is 1. The molecule has 0 radical (unpaired) electrons. The maximum atomic E-state index is 12.8. The highest BCUT2D eigenvalue weighted by molar-refractivity contribution is 7.89. The van der Waals surface area contributed by atoms with E-state index in [1.807, 2.05) is 27.7 Å². The third-order valence-corrected chi connectivity index (χ3v) is 5.30. The molecule has 0 aliphatic carbocycles. The fourth-order valence-electron chi connectivity index (χ4n) is 2.10. The predicted octanol–water partition coefficient (Wildman–Crippen LogP) is 3.10. The molecule has 0 atom stereocenters. The molecule has 4 nitrogen and oxygen atoms in total. The number of hydrogen-bond donors (Lipinski definition) is 1. The number of sulfonamides is 1. The number of nitrogens with two attached hydrogens (primary N) is 1. The van der Waals surface area contributed by atoms with Crippen LogP contribution in [0, 0.1) is 11.8 Å². The Hall–Kier alpha value is -0.620. The molecule has 120 valence electrons. The third-order valence-electron chi connectivity index (χ3n) is 2.99. The first-order valence-electron chi connectivity index (χ1n) is 7.17. The second kappa shape index (κ2) is 7.58. The largest absolute Gasteiger partial charge is 0.326 e. The van der Waals surface area contributed by atoms with E-state index in [0.717, 1.165) is 5.56 Å². The Kier molecular flexibility index (Phi) is 6.66. The summed E-state index contributed by atoms with van der Waals surface area (Å²) in [5.41, 5.74) is 6.37. The molecule has 21 heavy (non-hydrogen) atoms. The maximum Gasteiger partial charge on any atom is 0.244 e. The van der Waals surface area contributed by atoms with E-state index in [2.05, 4.69) is 0 Å². The first kappa shape index (κ1) is 18.4. The van der Waals surface area contributed by atoms with Crippen LogP contribution in [0.3, 0.4) is 0 Å². The van der Waals surface area contributed by atoms with Crippen molar-refractivity contribution in [2.45, 2.75) is 39.1 Å². The summed E-state index contributed by atoms with van der Waals surface area (Å²) in [5.74, 6) is 0.501. The average molecular weight is 333 g/mol. The second-order valence-corrected chi connectivity index (χ2v) is 8.39. The van der Waals surface area contributed by atoms with Crippen molar-refractivity contribution in [1.82, 2.24) is 4.31 Å². The molecule has 0 fully saturated rings. The highest BCUT2D eigenvalue weighted by Gasteiger charge is 2.27. The summed E-state index contributed by atoms with van der Waals surface area (Å²) in [6.07, 6.45) is 0. The molecule has 0 aliphatic heterocycles. The van der Waals surface area contributed by atoms with Gasteiger partial charge in [0.15, 0.2) is 0 Å². The second-order valence-electron chi connectivity index (χ2n) is 6.08. The minimum atomic E-state index is -3.59. The Bertz CT molecular complexity index is 561. The molecule has 0 bridgehead atoms. The fourth-order valence-corrected chi connectivity index (χ4v) is 4.41. The monoisotopic (exact) mass is 332 g/mol. The van der Waals surface area contributed by atoms with Crippen LogP contribution in [0.4, 0.5) is 0 Å². The summed E-state index contributed by atoms with van der Waals surface area (Å²) in [5, 5.41) is 0.232. The Balaban J connectivity index is 3.21. The van der Waals surface area contributed by atoms with Crippen molar-refractivity contribution in [3.8, 4) is 0 Å². The van der Waals surface area contributed by atoms with E-state index in [1.165, 1.54) is 4.31 Å². The van der Waals surface area contributed by atoms with Crippen LogP contribution >= 0.6 is 11.6 Å². The summed E-state index contributed by atoms with van der Waals surface area (Å²) in [4.78, 5) is 0.155. The van der Waals surface area contributed by atoms with Crippen LogP contribution in [0.15, 0.2) is 23.1 Å². The Morgan fingerprint density at radius 1 is 1.14 bits per heavy atom. The summed E-state index contributed by atoms with van der Waals surface area (Å²) in [7, 11) is -3.59. The first-order chi connectivity index (χ1) is 9.68. The van der Waals surface area contributed by atoms with Crippen LogP contribution in [0.25, 0.3) is 0 Å². The van der Waals surface area contributed by atoms with Crippen molar-refractivity contribution in [2.75, 3.05) is 13.1 Å². The molecule has 0 aliphatic rings. The van der Waals surface area contributed by atoms with Crippen LogP contribution in [-0.2, 0) is 16.6 Å². The molecule has 2 N–H and O–H groups in total. The number of hydrogen-bond acceptors (Lipinski definition) is 3. The summed E-state index contributed by atoms with van der Waals surface area (Å²) in [6.45, 7) is 9.31. The van der Waals surface area contributed by atoms with E-state index >= 15 is 0 Å². The SMILES string of the molecule is CC(C)CN(CC(C)C)S(=O)(=O)c1ccc(CN)cc1Cl. The molecule has 0 saturated carbocycles. The Labute approximate surface area is 133 Å². The predicted molar refractivity (Wildman–Crippen MR) is 87.8 cm³/mol. The van der Waals surface area contributed by atoms with Crippen LogP contribution in [0.1, 0.15) is 33.3 Å². The average Bonchev–Trinajstić information content (AvgIpc) is 2.36. The normalized spacial score (nSPS) is 12.6. The zero-order valence-electron chi connectivity index (χ0n) is 13.1. The van der Waals surface area contributed by atoms with E-state index in [9.17, 15) is 8.42 Å². The molecule has 0 saturated heterocycles. The van der Waals surface area contributed by atoms with Gasteiger partial charge < -0.3 is 5.73 Å². The third kappa shape index (κ3) is 4.95. The number of rotatable bonds is 7. The molecule has 0 aromatic heterocycles. The Morgan fingerprint density at radius 2 is 1.67 bits per heavy atom. The lowest BCUT2D eigenvalue weighted by Crippen LogP contribution is -2.37. The van der Waals surface area contributed by atoms with Crippen LogP contribution in [0.5, 0.6) is 0 Å². The summed E-state index contributed by atoms with van der Waals surface area (Å²) < 4.78 is 27.2. The fraction of sp³-hybridized carbons (Fsp3) is 0.600. The molecule has 6 heteroatoms. The van der Waals surface area contributed by atoms with E-state index in [4.69, 9.17) is 17.3 Å². The van der Waals surface area contributed by atoms with Crippen molar-refractivity contribution in [1.29, 1.82) is 0 Å². The van der Waals surface area contributed by atoms with Crippen molar-refractivity contribution >= 4 is 21.6 Å². The molecule has 0 amide bonds. The van der Waals surface area contributed by atoms with Gasteiger partial charge in [0.25, 0.3) is 0 Å². The molecule has 0 heterocycles. The minimum absolute atomic E-state index is 0.155. The summed E-state index contributed by atoms with van der Waals surface area (Å²) >= 11 is 6.15. The molecule has 0 unspecified atom stereocenters. The number of nitrogens with zero attached hydrogens (tertiary/aromatic N) is 1. The van der Waals surface area contributed by atoms with E-state index in [0.29, 0.717) is 19.6 Å². The lowest BCUT2D eigenvalue weighted by molar-refractivity contribution is 0.333. The zero-order chi connectivity index (χ0) is 16.2. The topological polar surface area (TPSA) is 63.4 Å². The quantitative estimate of drug-likeness (QED) is 0.834. The van der Waals surface area contributed by atoms with E-state index in [1.54, 1.807) is 18.2 Å².